The zero-order valence-electron chi connectivity index (χ0n) is 12.3. The van der Waals surface area contributed by atoms with Crippen molar-refractivity contribution in [2.75, 3.05) is 6.54 Å². The van der Waals surface area contributed by atoms with Gasteiger partial charge in [-0.05, 0) is 37.4 Å². The second-order valence-corrected chi connectivity index (χ2v) is 5.57. The van der Waals surface area contributed by atoms with Gasteiger partial charge in [-0.1, -0.05) is 32.8 Å². The predicted octanol–water partition coefficient (Wildman–Crippen LogP) is 3.12. The number of rotatable bonds is 6. The highest BCUT2D eigenvalue weighted by Crippen LogP contribution is 2.32. The summed E-state index contributed by atoms with van der Waals surface area (Å²) in [6.45, 7) is 5.50. The van der Waals surface area contributed by atoms with Gasteiger partial charge >= 0.3 is 0 Å². The first kappa shape index (κ1) is 14.5. The second-order valence-electron chi connectivity index (χ2n) is 5.57. The maximum atomic E-state index is 6.42. The topological polar surface area (TPSA) is 42.1 Å². The van der Waals surface area contributed by atoms with Gasteiger partial charge in [-0.15, -0.1) is 0 Å². The molecule has 0 bridgehead atoms. The Kier molecular flexibility index (Phi) is 5.34. The van der Waals surface area contributed by atoms with Gasteiger partial charge in [0.1, 0.15) is 0 Å². The first-order chi connectivity index (χ1) is 9.27. The molecule has 1 saturated carbocycles. The van der Waals surface area contributed by atoms with E-state index in [0.717, 1.165) is 13.0 Å². The summed E-state index contributed by atoms with van der Waals surface area (Å²) in [5.74, 6) is 0. The molecule has 0 spiro atoms. The molecule has 0 aliphatic heterocycles. The van der Waals surface area contributed by atoms with E-state index in [1.807, 2.05) is 18.5 Å². The Hall–Kier alpha value is -0.930. The van der Waals surface area contributed by atoms with Crippen molar-refractivity contribution < 1.29 is 0 Å². The Balaban J connectivity index is 2.25. The SMILES string of the molecule is CCC(N)C(c1cccnc1)N(CC)C1CCCC1. The Morgan fingerprint density at radius 3 is 2.63 bits per heavy atom. The summed E-state index contributed by atoms with van der Waals surface area (Å²) in [6.07, 6.45) is 10.2. The van der Waals surface area contributed by atoms with E-state index in [9.17, 15) is 0 Å². The molecular weight excluding hydrogens is 234 g/mol. The standard InChI is InChI=1S/C16H27N3/c1-3-15(17)16(13-8-7-11-18-12-13)19(4-2)14-9-5-6-10-14/h7-8,11-12,14-16H,3-6,9-10,17H2,1-2H3. The van der Waals surface area contributed by atoms with Crippen LogP contribution in [0.2, 0.25) is 0 Å². The summed E-state index contributed by atoms with van der Waals surface area (Å²) in [5, 5.41) is 0. The molecule has 1 fully saturated rings. The molecule has 19 heavy (non-hydrogen) atoms. The van der Waals surface area contributed by atoms with Crippen molar-refractivity contribution >= 4 is 0 Å². The number of likely N-dealkylation sites (N-methyl/N-ethyl adjacent to an activating group) is 1. The third-order valence-electron chi connectivity index (χ3n) is 4.42. The Morgan fingerprint density at radius 1 is 1.37 bits per heavy atom. The number of nitrogens with two attached hydrogens (primary N) is 1. The van der Waals surface area contributed by atoms with Crippen LogP contribution in [0.3, 0.4) is 0 Å². The molecule has 1 aliphatic rings. The van der Waals surface area contributed by atoms with Crippen molar-refractivity contribution in [3.63, 3.8) is 0 Å². The molecule has 1 aromatic rings. The van der Waals surface area contributed by atoms with Gasteiger partial charge in [0.2, 0.25) is 0 Å². The van der Waals surface area contributed by atoms with Crippen LogP contribution < -0.4 is 5.73 Å². The van der Waals surface area contributed by atoms with Gasteiger partial charge < -0.3 is 5.73 Å². The first-order valence-electron chi connectivity index (χ1n) is 7.69. The fraction of sp³-hybridized carbons (Fsp3) is 0.688. The Morgan fingerprint density at radius 2 is 2.11 bits per heavy atom. The molecule has 0 aromatic carbocycles. The van der Waals surface area contributed by atoms with E-state index in [1.165, 1.54) is 31.2 Å². The van der Waals surface area contributed by atoms with E-state index >= 15 is 0 Å². The molecule has 1 aromatic heterocycles. The summed E-state index contributed by atoms with van der Waals surface area (Å²) in [4.78, 5) is 6.89. The molecule has 1 aliphatic carbocycles. The van der Waals surface area contributed by atoms with Gasteiger partial charge in [0, 0.05) is 24.5 Å². The van der Waals surface area contributed by atoms with Crippen LogP contribution in [0.4, 0.5) is 0 Å². The molecule has 0 radical (unpaired) electrons. The second kappa shape index (κ2) is 7.01. The van der Waals surface area contributed by atoms with Crippen LogP contribution >= 0.6 is 0 Å². The van der Waals surface area contributed by atoms with Gasteiger partial charge in [-0.2, -0.15) is 0 Å². The average Bonchev–Trinajstić information content (AvgIpc) is 2.98. The quantitative estimate of drug-likeness (QED) is 0.855. The summed E-state index contributed by atoms with van der Waals surface area (Å²) in [7, 11) is 0. The van der Waals surface area contributed by atoms with Crippen LogP contribution in [0.5, 0.6) is 0 Å². The Labute approximate surface area is 117 Å². The molecule has 106 valence electrons. The van der Waals surface area contributed by atoms with Gasteiger partial charge in [-0.3, -0.25) is 9.88 Å². The van der Waals surface area contributed by atoms with Crippen molar-refractivity contribution in [2.24, 2.45) is 5.73 Å². The van der Waals surface area contributed by atoms with Crippen LogP contribution in [-0.4, -0.2) is 28.5 Å². The largest absolute Gasteiger partial charge is 0.326 e. The third kappa shape index (κ3) is 3.34. The maximum absolute atomic E-state index is 6.42. The number of hydrogen-bond donors (Lipinski definition) is 1. The molecule has 2 unspecified atom stereocenters. The van der Waals surface area contributed by atoms with E-state index in [2.05, 4.69) is 29.8 Å². The highest BCUT2D eigenvalue weighted by atomic mass is 15.2. The molecule has 3 heteroatoms. The van der Waals surface area contributed by atoms with Gasteiger partial charge in [0.05, 0.1) is 6.04 Å². The fourth-order valence-electron chi connectivity index (χ4n) is 3.38. The number of aromatic nitrogens is 1. The van der Waals surface area contributed by atoms with Crippen molar-refractivity contribution in [3.8, 4) is 0 Å². The summed E-state index contributed by atoms with van der Waals surface area (Å²) >= 11 is 0. The van der Waals surface area contributed by atoms with Crippen LogP contribution in [0.25, 0.3) is 0 Å². The smallest absolute Gasteiger partial charge is 0.0517 e. The van der Waals surface area contributed by atoms with Crippen molar-refractivity contribution in [1.29, 1.82) is 0 Å². The molecule has 2 N–H and O–H groups in total. The minimum Gasteiger partial charge on any atom is -0.326 e. The maximum Gasteiger partial charge on any atom is 0.0517 e. The fourth-order valence-corrected chi connectivity index (χ4v) is 3.38. The van der Waals surface area contributed by atoms with E-state index in [1.54, 1.807) is 0 Å². The van der Waals surface area contributed by atoms with E-state index in [4.69, 9.17) is 5.73 Å². The van der Waals surface area contributed by atoms with E-state index < -0.39 is 0 Å². The lowest BCUT2D eigenvalue weighted by molar-refractivity contribution is 0.121. The zero-order chi connectivity index (χ0) is 13.7. The van der Waals surface area contributed by atoms with Gasteiger partial charge in [0.15, 0.2) is 0 Å². The summed E-state index contributed by atoms with van der Waals surface area (Å²) in [5.41, 5.74) is 7.69. The van der Waals surface area contributed by atoms with E-state index in [-0.39, 0.29) is 6.04 Å². The molecule has 0 amide bonds. The minimum absolute atomic E-state index is 0.185. The lowest BCUT2D eigenvalue weighted by Gasteiger charge is -2.39. The molecule has 3 nitrogen and oxygen atoms in total. The van der Waals surface area contributed by atoms with Crippen molar-refractivity contribution in [3.05, 3.63) is 30.1 Å². The lowest BCUT2D eigenvalue weighted by Crippen LogP contribution is -2.45. The normalized spacial score (nSPS) is 19.8. The lowest BCUT2D eigenvalue weighted by atomic mass is 9.95. The van der Waals surface area contributed by atoms with Crippen LogP contribution in [-0.2, 0) is 0 Å². The minimum atomic E-state index is 0.185. The monoisotopic (exact) mass is 261 g/mol. The van der Waals surface area contributed by atoms with Crippen molar-refractivity contribution in [2.45, 2.75) is 64.1 Å². The highest BCUT2D eigenvalue weighted by Gasteiger charge is 2.31. The molecule has 1 heterocycles. The van der Waals surface area contributed by atoms with Crippen molar-refractivity contribution in [1.82, 2.24) is 9.88 Å². The molecule has 0 saturated heterocycles. The van der Waals surface area contributed by atoms with Crippen LogP contribution in [0.15, 0.2) is 24.5 Å². The summed E-state index contributed by atoms with van der Waals surface area (Å²) < 4.78 is 0. The number of hydrogen-bond acceptors (Lipinski definition) is 3. The number of nitrogens with zero attached hydrogens (tertiary/aromatic N) is 2. The zero-order valence-corrected chi connectivity index (χ0v) is 12.3. The highest BCUT2D eigenvalue weighted by molar-refractivity contribution is 5.17. The first-order valence-corrected chi connectivity index (χ1v) is 7.69. The van der Waals surface area contributed by atoms with E-state index in [0.29, 0.717) is 12.1 Å². The van der Waals surface area contributed by atoms with Gasteiger partial charge in [0.25, 0.3) is 0 Å². The van der Waals surface area contributed by atoms with Gasteiger partial charge in [-0.25, -0.2) is 0 Å². The Bertz CT molecular complexity index is 360. The average molecular weight is 261 g/mol. The molecule has 2 rings (SSSR count). The van der Waals surface area contributed by atoms with Crippen LogP contribution in [0, 0.1) is 0 Å². The summed E-state index contributed by atoms with van der Waals surface area (Å²) in [6, 6.07) is 5.39. The number of pyridine rings is 1. The predicted molar refractivity (Wildman–Crippen MR) is 79.9 cm³/mol. The molecule has 2 atom stereocenters. The molecular formula is C16H27N3. The van der Waals surface area contributed by atoms with Crippen LogP contribution in [0.1, 0.15) is 57.6 Å². The third-order valence-corrected chi connectivity index (χ3v) is 4.42.